The molecular formula is C25H19ClF2N4S. The second-order valence-corrected chi connectivity index (χ2v) is 8.63. The third-order valence-electron chi connectivity index (χ3n) is 5.78. The zero-order valence-electron chi connectivity index (χ0n) is 17.5. The SMILES string of the molecule is Cc1cc(N2C(=S)NC(c3ccccn3)C2c2cccn2-c2ccc(F)c(Cl)c2)ccc1F. The van der Waals surface area contributed by atoms with Gasteiger partial charge in [-0.05, 0) is 85.4 Å². The first kappa shape index (κ1) is 21.6. The number of hydrogen-bond acceptors (Lipinski definition) is 2. The quantitative estimate of drug-likeness (QED) is 0.348. The maximum atomic E-state index is 14.0. The summed E-state index contributed by atoms with van der Waals surface area (Å²) in [6.45, 7) is 1.72. The lowest BCUT2D eigenvalue weighted by Crippen LogP contribution is -2.30. The molecule has 0 amide bonds. The molecule has 0 saturated carbocycles. The molecule has 8 heteroatoms. The molecule has 0 aliphatic carbocycles. The summed E-state index contributed by atoms with van der Waals surface area (Å²) < 4.78 is 29.8. The average molecular weight is 481 g/mol. The number of aromatic nitrogens is 2. The molecule has 1 saturated heterocycles. The Morgan fingerprint density at radius 2 is 1.76 bits per heavy atom. The van der Waals surface area contributed by atoms with Crippen molar-refractivity contribution in [3.63, 3.8) is 0 Å². The number of rotatable bonds is 4. The smallest absolute Gasteiger partial charge is 0.174 e. The van der Waals surface area contributed by atoms with Crippen LogP contribution in [0.25, 0.3) is 5.69 Å². The first-order chi connectivity index (χ1) is 15.9. The molecule has 4 nitrogen and oxygen atoms in total. The molecule has 2 unspecified atom stereocenters. The lowest BCUT2D eigenvalue weighted by molar-refractivity contribution is 0.548. The van der Waals surface area contributed by atoms with Gasteiger partial charge < -0.3 is 14.8 Å². The zero-order chi connectivity index (χ0) is 23.1. The monoisotopic (exact) mass is 480 g/mol. The van der Waals surface area contributed by atoms with Gasteiger partial charge in [0.05, 0.1) is 16.8 Å². The summed E-state index contributed by atoms with van der Waals surface area (Å²) in [7, 11) is 0. The van der Waals surface area contributed by atoms with Gasteiger partial charge in [-0.1, -0.05) is 17.7 Å². The molecule has 1 N–H and O–H groups in total. The molecular weight excluding hydrogens is 462 g/mol. The van der Waals surface area contributed by atoms with Crippen LogP contribution in [0.2, 0.25) is 5.02 Å². The van der Waals surface area contributed by atoms with Crippen LogP contribution in [0.3, 0.4) is 0 Å². The molecule has 166 valence electrons. The zero-order valence-corrected chi connectivity index (χ0v) is 19.1. The molecule has 4 aromatic rings. The number of hydrogen-bond donors (Lipinski definition) is 1. The summed E-state index contributed by atoms with van der Waals surface area (Å²) in [4.78, 5) is 6.52. The van der Waals surface area contributed by atoms with E-state index in [0.717, 1.165) is 17.1 Å². The summed E-state index contributed by atoms with van der Waals surface area (Å²) in [6, 6.07) is 18.6. The molecule has 2 aromatic carbocycles. The Balaban J connectivity index is 1.68. The van der Waals surface area contributed by atoms with Crippen LogP contribution in [0, 0.1) is 18.6 Å². The molecule has 1 aliphatic heterocycles. The second kappa shape index (κ2) is 8.57. The Hall–Kier alpha value is -3.29. The van der Waals surface area contributed by atoms with E-state index in [2.05, 4.69) is 10.3 Å². The number of nitrogens with one attached hydrogen (secondary N) is 1. The number of thiocarbonyl (C=S) groups is 1. The van der Waals surface area contributed by atoms with Crippen LogP contribution in [0.1, 0.15) is 29.0 Å². The summed E-state index contributed by atoms with van der Waals surface area (Å²) in [5, 5.41) is 3.94. The summed E-state index contributed by atoms with van der Waals surface area (Å²) in [5.41, 5.74) is 3.71. The van der Waals surface area contributed by atoms with E-state index in [9.17, 15) is 8.78 Å². The van der Waals surface area contributed by atoms with Crippen molar-refractivity contribution >= 4 is 34.6 Å². The number of benzene rings is 2. The fraction of sp³-hybridized carbons (Fsp3) is 0.120. The highest BCUT2D eigenvalue weighted by Crippen LogP contribution is 2.42. The lowest BCUT2D eigenvalue weighted by atomic mass is 10.0. The van der Waals surface area contributed by atoms with Crippen LogP contribution in [0.5, 0.6) is 0 Å². The number of anilines is 1. The molecule has 33 heavy (non-hydrogen) atoms. The van der Waals surface area contributed by atoms with Crippen LogP contribution in [0.4, 0.5) is 14.5 Å². The molecule has 0 bridgehead atoms. The standard InChI is InChI=1S/C25H19ClF2N4S/c1-15-13-17(8-9-19(15)27)32-24(23(30-25(32)33)21-5-2-3-11-29-21)22-6-4-12-31(22)16-7-10-20(28)18(26)14-16/h2-14,23-24H,1H3,(H,30,33). The normalized spacial score (nSPS) is 17.9. The fourth-order valence-corrected chi connectivity index (χ4v) is 4.74. The highest BCUT2D eigenvalue weighted by molar-refractivity contribution is 7.80. The predicted octanol–water partition coefficient (Wildman–Crippen LogP) is 6.29. The van der Waals surface area contributed by atoms with Crippen molar-refractivity contribution in [3.05, 3.63) is 113 Å². The number of aryl methyl sites for hydroxylation is 1. The Morgan fingerprint density at radius 1 is 0.970 bits per heavy atom. The summed E-state index contributed by atoms with van der Waals surface area (Å²) >= 11 is 11.8. The van der Waals surface area contributed by atoms with Crippen LogP contribution in [0.15, 0.2) is 79.1 Å². The molecule has 3 heterocycles. The Labute approximate surface area is 200 Å². The van der Waals surface area contributed by atoms with E-state index in [4.69, 9.17) is 23.8 Å². The van der Waals surface area contributed by atoms with Crippen LogP contribution >= 0.6 is 23.8 Å². The van der Waals surface area contributed by atoms with E-state index in [1.165, 1.54) is 12.1 Å². The summed E-state index contributed by atoms with van der Waals surface area (Å²) in [5.74, 6) is -0.758. The van der Waals surface area contributed by atoms with Crippen molar-refractivity contribution in [1.29, 1.82) is 0 Å². The number of halogens is 3. The van der Waals surface area contributed by atoms with E-state index >= 15 is 0 Å². The predicted molar refractivity (Wildman–Crippen MR) is 130 cm³/mol. The van der Waals surface area contributed by atoms with Crippen molar-refractivity contribution in [2.75, 3.05) is 4.90 Å². The van der Waals surface area contributed by atoms with Crippen molar-refractivity contribution in [2.45, 2.75) is 19.0 Å². The van der Waals surface area contributed by atoms with Crippen molar-refractivity contribution in [1.82, 2.24) is 14.9 Å². The molecule has 2 aromatic heterocycles. The van der Waals surface area contributed by atoms with Gasteiger partial charge in [-0.3, -0.25) is 4.98 Å². The largest absolute Gasteiger partial charge is 0.351 e. The Bertz CT molecular complexity index is 1340. The molecule has 5 rings (SSSR count). The molecule has 0 radical (unpaired) electrons. The van der Waals surface area contributed by atoms with E-state index < -0.39 is 5.82 Å². The number of nitrogens with zero attached hydrogens (tertiary/aromatic N) is 3. The molecule has 2 atom stereocenters. The van der Waals surface area contributed by atoms with Crippen molar-refractivity contribution in [2.24, 2.45) is 0 Å². The second-order valence-electron chi connectivity index (χ2n) is 7.83. The fourth-order valence-electron chi connectivity index (χ4n) is 4.22. The van der Waals surface area contributed by atoms with Gasteiger partial charge in [-0.25, -0.2) is 8.78 Å². The topological polar surface area (TPSA) is 33.1 Å². The Morgan fingerprint density at radius 3 is 2.48 bits per heavy atom. The summed E-state index contributed by atoms with van der Waals surface area (Å²) in [6.07, 6.45) is 3.63. The van der Waals surface area contributed by atoms with E-state index in [-0.39, 0.29) is 22.9 Å². The first-order valence-electron chi connectivity index (χ1n) is 10.3. The van der Waals surface area contributed by atoms with Crippen molar-refractivity contribution < 1.29 is 8.78 Å². The van der Waals surface area contributed by atoms with Crippen LogP contribution in [-0.2, 0) is 0 Å². The number of pyridine rings is 1. The van der Waals surface area contributed by atoms with Gasteiger partial charge in [0.25, 0.3) is 0 Å². The minimum Gasteiger partial charge on any atom is -0.351 e. The lowest BCUT2D eigenvalue weighted by Gasteiger charge is -2.29. The Kier molecular flexibility index (Phi) is 5.60. The highest BCUT2D eigenvalue weighted by atomic mass is 35.5. The van der Waals surface area contributed by atoms with Gasteiger partial charge in [0.1, 0.15) is 17.7 Å². The first-order valence-corrected chi connectivity index (χ1v) is 11.1. The average Bonchev–Trinajstić information content (AvgIpc) is 3.42. The minimum atomic E-state index is -0.479. The van der Waals surface area contributed by atoms with Gasteiger partial charge in [0.2, 0.25) is 0 Å². The minimum absolute atomic E-state index is 0.0412. The third kappa shape index (κ3) is 3.87. The maximum absolute atomic E-state index is 14.0. The van der Waals surface area contributed by atoms with Gasteiger partial charge in [-0.15, -0.1) is 0 Å². The van der Waals surface area contributed by atoms with Gasteiger partial charge >= 0.3 is 0 Å². The van der Waals surface area contributed by atoms with Crippen LogP contribution in [-0.4, -0.2) is 14.7 Å². The maximum Gasteiger partial charge on any atom is 0.174 e. The molecule has 0 spiro atoms. The van der Waals surface area contributed by atoms with E-state index in [0.29, 0.717) is 16.4 Å². The van der Waals surface area contributed by atoms with Gasteiger partial charge in [0, 0.05) is 29.5 Å². The van der Waals surface area contributed by atoms with E-state index in [1.54, 1.807) is 37.4 Å². The van der Waals surface area contributed by atoms with Crippen molar-refractivity contribution in [3.8, 4) is 5.69 Å². The van der Waals surface area contributed by atoms with Gasteiger partial charge in [0.15, 0.2) is 5.11 Å². The van der Waals surface area contributed by atoms with Gasteiger partial charge in [-0.2, -0.15) is 0 Å². The van der Waals surface area contributed by atoms with E-state index in [1.807, 2.05) is 46.0 Å². The highest BCUT2D eigenvalue weighted by Gasteiger charge is 2.42. The molecule has 1 aliphatic rings. The third-order valence-corrected chi connectivity index (χ3v) is 6.39. The van der Waals surface area contributed by atoms with Crippen LogP contribution < -0.4 is 10.2 Å². The molecule has 1 fully saturated rings.